The summed E-state index contributed by atoms with van der Waals surface area (Å²) in [5.74, 6) is -1.34. The minimum absolute atomic E-state index is 0. The van der Waals surface area contributed by atoms with Crippen LogP contribution in [0.3, 0.4) is 0 Å². The zero-order chi connectivity index (χ0) is 34.4. The smallest absolute Gasteiger partial charge is 0.246 e. The van der Waals surface area contributed by atoms with E-state index in [-0.39, 0.29) is 66.0 Å². The highest BCUT2D eigenvalue weighted by molar-refractivity contribution is 6.03. The lowest BCUT2D eigenvalue weighted by molar-refractivity contribution is -0.915. The molecule has 0 aliphatic carbocycles. The number of nitrogens with one attached hydrogen (secondary N) is 1. The van der Waals surface area contributed by atoms with E-state index in [2.05, 4.69) is 12.4 Å². The zero-order valence-corrected chi connectivity index (χ0v) is 30.5. The Morgan fingerprint density at radius 2 is 1.64 bits per heavy atom. The average molecular weight is 806 g/mol. The number of β-lactam (4-membered cyclic amide) rings is 1. The van der Waals surface area contributed by atoms with Crippen molar-refractivity contribution >= 4 is 17.5 Å². The standard InChI is InChI=1S/C38H45F2N3O6.HI/c1-43(20-22-47-23-21-43)19-18-41-35(45)24-49-38(25-48-26-38)17-16-27-2-4-29(5-3-27)36-33(14-15-34(44)28-6-8-30(39)9-7-28)37(46)42(36)32-12-10-31(40)11-13-32;/h2-13,33-34,36,44H,14-26H2,1H3;1H/t33-,34+,36-;/m1./s1. The van der Waals surface area contributed by atoms with Gasteiger partial charge in [-0.15, -0.1) is 0 Å². The molecular formula is C38H46F2IN3O6. The van der Waals surface area contributed by atoms with Gasteiger partial charge >= 0.3 is 0 Å². The number of aliphatic hydroxyl groups excluding tert-OH is 1. The van der Waals surface area contributed by atoms with Crippen LogP contribution in [-0.4, -0.2) is 93.3 Å². The fourth-order valence-corrected chi connectivity index (χ4v) is 6.92. The summed E-state index contributed by atoms with van der Waals surface area (Å²) in [6, 6.07) is 19.4. The number of likely N-dealkylation sites (N-methyl/N-ethyl adjacent to an activating group) is 1. The number of ether oxygens (including phenoxy) is 3. The Labute approximate surface area is 309 Å². The normalized spacial score (nSPS) is 21.4. The van der Waals surface area contributed by atoms with E-state index < -0.39 is 11.7 Å². The number of aliphatic hydroxyl groups is 1. The molecule has 3 aliphatic heterocycles. The number of amides is 2. The van der Waals surface area contributed by atoms with Crippen LogP contribution in [0.15, 0.2) is 72.8 Å². The number of quaternary nitrogens is 1. The maximum absolute atomic E-state index is 13.7. The van der Waals surface area contributed by atoms with E-state index in [1.54, 1.807) is 29.2 Å². The minimum Gasteiger partial charge on any atom is -1.00 e. The molecule has 6 rings (SSSR count). The number of nitrogens with zero attached hydrogens (tertiary/aromatic N) is 2. The Bertz CT molecular complexity index is 1570. The predicted octanol–water partition coefficient (Wildman–Crippen LogP) is 1.50. The van der Waals surface area contributed by atoms with Crippen LogP contribution in [0.25, 0.3) is 0 Å². The highest BCUT2D eigenvalue weighted by Gasteiger charge is 2.48. The number of hydrogen-bond donors (Lipinski definition) is 2. The summed E-state index contributed by atoms with van der Waals surface area (Å²) in [5, 5.41) is 13.7. The van der Waals surface area contributed by atoms with Crippen LogP contribution in [-0.2, 0) is 30.2 Å². The van der Waals surface area contributed by atoms with Crippen molar-refractivity contribution in [1.29, 1.82) is 0 Å². The summed E-state index contributed by atoms with van der Waals surface area (Å²) < 4.78 is 45.0. The summed E-state index contributed by atoms with van der Waals surface area (Å²) in [6.07, 6.45) is 1.36. The van der Waals surface area contributed by atoms with Gasteiger partial charge in [-0.05, 0) is 78.8 Å². The monoisotopic (exact) mass is 805 g/mol. The van der Waals surface area contributed by atoms with Gasteiger partial charge in [0.15, 0.2) is 0 Å². The highest BCUT2D eigenvalue weighted by atomic mass is 127. The number of anilines is 1. The van der Waals surface area contributed by atoms with E-state index in [1.807, 2.05) is 24.3 Å². The Morgan fingerprint density at radius 1 is 1.00 bits per heavy atom. The van der Waals surface area contributed by atoms with Gasteiger partial charge in [0.05, 0.1) is 64.6 Å². The molecule has 9 nitrogen and oxygen atoms in total. The van der Waals surface area contributed by atoms with E-state index in [4.69, 9.17) is 14.2 Å². The maximum Gasteiger partial charge on any atom is 0.246 e. The van der Waals surface area contributed by atoms with Crippen LogP contribution in [0, 0.1) is 17.6 Å². The third kappa shape index (κ3) is 9.25. The molecule has 0 aromatic heterocycles. The Morgan fingerprint density at radius 3 is 2.26 bits per heavy atom. The third-order valence-corrected chi connectivity index (χ3v) is 10.3. The number of halogens is 3. The summed E-state index contributed by atoms with van der Waals surface area (Å²) in [6.45, 7) is 5.71. The molecule has 3 atom stereocenters. The van der Waals surface area contributed by atoms with Crippen molar-refractivity contribution in [2.24, 2.45) is 5.92 Å². The fraction of sp³-hybridized carbons (Fsp3) is 0.474. The van der Waals surface area contributed by atoms with Crippen LogP contribution >= 0.6 is 0 Å². The number of benzene rings is 3. The predicted molar refractivity (Wildman–Crippen MR) is 180 cm³/mol. The molecule has 3 heterocycles. The van der Waals surface area contributed by atoms with Gasteiger partial charge in [0.25, 0.3) is 0 Å². The van der Waals surface area contributed by atoms with Crippen LogP contribution in [0.4, 0.5) is 14.5 Å². The molecule has 3 aliphatic rings. The molecule has 0 saturated carbocycles. The molecule has 3 aromatic rings. The molecule has 2 amide bonds. The van der Waals surface area contributed by atoms with Gasteiger partial charge in [-0.25, -0.2) is 8.78 Å². The van der Waals surface area contributed by atoms with E-state index in [1.165, 1.54) is 24.3 Å². The van der Waals surface area contributed by atoms with Crippen LogP contribution in [0.1, 0.15) is 48.1 Å². The lowest BCUT2D eigenvalue weighted by Crippen LogP contribution is -3.00. The van der Waals surface area contributed by atoms with E-state index in [9.17, 15) is 23.5 Å². The third-order valence-electron chi connectivity index (χ3n) is 10.3. The van der Waals surface area contributed by atoms with E-state index in [0.29, 0.717) is 50.3 Å². The highest BCUT2D eigenvalue weighted by Crippen LogP contribution is 2.46. The van der Waals surface area contributed by atoms with Crippen molar-refractivity contribution in [1.82, 2.24) is 5.32 Å². The molecule has 2 N–H and O–H groups in total. The number of hydrogen-bond acceptors (Lipinski definition) is 6. The SMILES string of the molecule is C[N+]1(CCNC(=O)COC2(CCc3ccc([C@@H]4[C@@H](CC[C@H](O)c5ccc(F)cc5)C(=O)N4c4ccc(F)cc4)cc3)COC2)CCOCC1.[I-]. The lowest BCUT2D eigenvalue weighted by atomic mass is 9.78. The van der Waals surface area contributed by atoms with E-state index >= 15 is 0 Å². The second kappa shape index (κ2) is 17.0. The van der Waals surface area contributed by atoms with Gasteiger partial charge < -0.3 is 58.0 Å². The van der Waals surface area contributed by atoms with Gasteiger partial charge in [0, 0.05) is 5.69 Å². The number of carbonyl (C=O) groups excluding carboxylic acids is 2. The average Bonchev–Trinajstić information content (AvgIpc) is 3.08. The zero-order valence-electron chi connectivity index (χ0n) is 28.4. The van der Waals surface area contributed by atoms with Crippen molar-refractivity contribution in [2.45, 2.75) is 43.4 Å². The van der Waals surface area contributed by atoms with Crippen molar-refractivity contribution < 1.29 is 66.1 Å². The second-order valence-corrected chi connectivity index (χ2v) is 13.8. The first kappa shape index (κ1) is 38.2. The molecule has 0 radical (unpaired) electrons. The van der Waals surface area contributed by atoms with E-state index in [0.717, 1.165) is 54.9 Å². The molecule has 270 valence electrons. The van der Waals surface area contributed by atoms with Crippen LogP contribution < -0.4 is 34.2 Å². The van der Waals surface area contributed by atoms with Crippen molar-refractivity contribution in [3.8, 4) is 0 Å². The first-order valence-electron chi connectivity index (χ1n) is 17.1. The summed E-state index contributed by atoms with van der Waals surface area (Å²) in [5.41, 5.74) is 2.74. The van der Waals surface area contributed by atoms with Crippen molar-refractivity contribution in [2.75, 3.05) is 71.2 Å². The first-order chi connectivity index (χ1) is 23.6. The van der Waals surface area contributed by atoms with Gasteiger partial charge in [0.2, 0.25) is 11.8 Å². The van der Waals surface area contributed by atoms with Crippen LogP contribution in [0.2, 0.25) is 0 Å². The molecule has 50 heavy (non-hydrogen) atoms. The largest absolute Gasteiger partial charge is 1.00 e. The molecule has 3 aromatic carbocycles. The van der Waals surface area contributed by atoms with Gasteiger partial charge in [-0.3, -0.25) is 9.59 Å². The van der Waals surface area contributed by atoms with Gasteiger partial charge in [-0.1, -0.05) is 36.4 Å². The molecular weight excluding hydrogens is 759 g/mol. The maximum atomic E-state index is 13.7. The topological polar surface area (TPSA) is 97.3 Å². The Hall–Kier alpha value is -3.01. The number of aryl methyl sites for hydroxylation is 1. The summed E-state index contributed by atoms with van der Waals surface area (Å²) in [4.78, 5) is 27.7. The quantitative estimate of drug-likeness (QED) is 0.138. The van der Waals surface area contributed by atoms with Crippen molar-refractivity contribution in [3.63, 3.8) is 0 Å². The van der Waals surface area contributed by atoms with Gasteiger partial charge in [0.1, 0.15) is 36.9 Å². The Balaban J connectivity index is 0.00000486. The number of carbonyl (C=O) groups is 2. The molecule has 12 heteroatoms. The molecule has 0 bridgehead atoms. The summed E-state index contributed by atoms with van der Waals surface area (Å²) >= 11 is 0. The number of morpholine rings is 1. The molecule has 3 saturated heterocycles. The molecule has 0 spiro atoms. The van der Waals surface area contributed by atoms with Crippen molar-refractivity contribution in [3.05, 3.63) is 101 Å². The second-order valence-electron chi connectivity index (χ2n) is 13.8. The van der Waals surface area contributed by atoms with Crippen LogP contribution in [0.5, 0.6) is 0 Å². The molecule has 0 unspecified atom stereocenters. The minimum atomic E-state index is -0.827. The fourth-order valence-electron chi connectivity index (χ4n) is 6.92. The molecule has 3 fully saturated rings. The Kier molecular flexibility index (Phi) is 13.0. The number of rotatable bonds is 15. The first-order valence-corrected chi connectivity index (χ1v) is 17.1. The lowest BCUT2D eigenvalue weighted by Gasteiger charge is -2.48. The van der Waals surface area contributed by atoms with Gasteiger partial charge in [-0.2, -0.15) is 0 Å². The summed E-state index contributed by atoms with van der Waals surface area (Å²) in [7, 11) is 2.19.